The van der Waals surface area contributed by atoms with E-state index in [1.54, 1.807) is 18.5 Å². The summed E-state index contributed by atoms with van der Waals surface area (Å²) in [6.07, 6.45) is 3.42. The molecular formula is C20H16ClFN4. The minimum atomic E-state index is -0.312. The summed E-state index contributed by atoms with van der Waals surface area (Å²) < 4.78 is 13.7. The zero-order chi connectivity index (χ0) is 17.1. The molecule has 0 bridgehead atoms. The zero-order valence-electron chi connectivity index (χ0n) is 13.8. The van der Waals surface area contributed by atoms with Crippen molar-refractivity contribution in [3.8, 4) is 11.4 Å². The smallest absolute Gasteiger partial charge is 0.163 e. The van der Waals surface area contributed by atoms with Crippen LogP contribution in [0.1, 0.15) is 5.56 Å². The number of aromatic nitrogens is 3. The lowest BCUT2D eigenvalue weighted by molar-refractivity contribution is 0.629. The van der Waals surface area contributed by atoms with E-state index in [0.717, 1.165) is 11.1 Å². The number of nitrogens with one attached hydrogen (secondary N) is 1. The van der Waals surface area contributed by atoms with Crippen LogP contribution in [-0.2, 0) is 6.54 Å². The van der Waals surface area contributed by atoms with Crippen LogP contribution in [0.15, 0.2) is 73.1 Å². The van der Waals surface area contributed by atoms with Crippen molar-refractivity contribution < 1.29 is 4.39 Å². The number of hydrogen-bond acceptors (Lipinski definition) is 4. The highest BCUT2D eigenvalue weighted by Gasteiger charge is 2.10. The van der Waals surface area contributed by atoms with Gasteiger partial charge in [0.25, 0.3) is 0 Å². The molecule has 26 heavy (non-hydrogen) atoms. The third kappa shape index (κ3) is 3.78. The van der Waals surface area contributed by atoms with E-state index in [2.05, 4.69) is 20.3 Å². The predicted octanol–water partition coefficient (Wildman–Crippen LogP) is 4.86. The Kier molecular flexibility index (Phi) is 5.39. The van der Waals surface area contributed by atoms with Gasteiger partial charge in [-0.3, -0.25) is 4.98 Å². The molecule has 0 aliphatic carbocycles. The van der Waals surface area contributed by atoms with Gasteiger partial charge in [-0.15, -0.1) is 12.4 Å². The molecular weight excluding hydrogens is 351 g/mol. The molecule has 4 nitrogen and oxygen atoms in total. The maximum atomic E-state index is 13.7. The van der Waals surface area contributed by atoms with Gasteiger partial charge in [-0.25, -0.2) is 14.4 Å². The number of benzene rings is 2. The molecule has 2 aromatic heterocycles. The Hall–Kier alpha value is -3.05. The Bertz CT molecular complexity index is 1010. The molecule has 2 aromatic carbocycles. The molecule has 1 N–H and O–H groups in total. The monoisotopic (exact) mass is 366 g/mol. The lowest BCUT2D eigenvalue weighted by Gasteiger charge is -2.11. The summed E-state index contributed by atoms with van der Waals surface area (Å²) in [5.41, 5.74) is 2.62. The fraction of sp³-hybridized carbons (Fsp3) is 0.0500. The first-order chi connectivity index (χ1) is 12.3. The van der Waals surface area contributed by atoms with Crippen LogP contribution in [-0.4, -0.2) is 15.0 Å². The molecule has 0 aliphatic rings. The molecule has 2 heterocycles. The topological polar surface area (TPSA) is 50.7 Å². The molecule has 4 rings (SSSR count). The first kappa shape index (κ1) is 17.8. The number of nitrogens with zero attached hydrogens (tertiary/aromatic N) is 3. The number of hydrogen-bond donors (Lipinski definition) is 1. The van der Waals surface area contributed by atoms with Crippen LogP contribution in [0.2, 0.25) is 0 Å². The van der Waals surface area contributed by atoms with Gasteiger partial charge in [0.2, 0.25) is 0 Å². The number of pyridine rings is 1. The lowest BCUT2D eigenvalue weighted by atomic mass is 10.2. The average Bonchev–Trinajstić information content (AvgIpc) is 2.67. The molecule has 0 amide bonds. The Morgan fingerprint density at radius 3 is 2.54 bits per heavy atom. The second-order valence-corrected chi connectivity index (χ2v) is 5.64. The SMILES string of the molecule is Cl.Fc1ccc2nc(-c3cccnc3)nc(NCc3ccccc3)c2c1. The number of rotatable bonds is 4. The normalized spacial score (nSPS) is 10.3. The second kappa shape index (κ2) is 7.89. The minimum absolute atomic E-state index is 0. The molecule has 0 radical (unpaired) electrons. The van der Waals surface area contributed by atoms with E-state index in [0.29, 0.717) is 29.1 Å². The fourth-order valence-corrected chi connectivity index (χ4v) is 2.64. The molecule has 0 aliphatic heterocycles. The van der Waals surface area contributed by atoms with Gasteiger partial charge in [0.15, 0.2) is 5.82 Å². The molecule has 0 spiro atoms. The standard InChI is InChI=1S/C20H15FN4.ClH/c21-16-8-9-18-17(11-16)20(23-12-14-5-2-1-3-6-14)25-19(24-18)15-7-4-10-22-13-15;/h1-11,13H,12H2,(H,23,24,25);1H. The van der Waals surface area contributed by atoms with E-state index in [4.69, 9.17) is 0 Å². The quantitative estimate of drug-likeness (QED) is 0.560. The van der Waals surface area contributed by atoms with Crippen molar-refractivity contribution in [2.45, 2.75) is 6.54 Å². The van der Waals surface area contributed by atoms with Crippen LogP contribution in [0.3, 0.4) is 0 Å². The average molecular weight is 367 g/mol. The van der Waals surface area contributed by atoms with Crippen molar-refractivity contribution in [1.29, 1.82) is 0 Å². The Morgan fingerprint density at radius 2 is 1.77 bits per heavy atom. The number of fused-ring (bicyclic) bond motifs is 1. The third-order valence-corrected chi connectivity index (χ3v) is 3.88. The van der Waals surface area contributed by atoms with Crippen molar-refractivity contribution in [2.75, 3.05) is 5.32 Å². The van der Waals surface area contributed by atoms with Crippen LogP contribution in [0, 0.1) is 5.82 Å². The second-order valence-electron chi connectivity index (χ2n) is 5.64. The van der Waals surface area contributed by atoms with Gasteiger partial charge in [0.1, 0.15) is 11.6 Å². The van der Waals surface area contributed by atoms with Gasteiger partial charge < -0.3 is 5.32 Å². The summed E-state index contributed by atoms with van der Waals surface area (Å²) in [6.45, 7) is 0.593. The molecule has 0 saturated carbocycles. The van der Waals surface area contributed by atoms with Crippen LogP contribution in [0.5, 0.6) is 0 Å². The van der Waals surface area contributed by atoms with E-state index in [1.807, 2.05) is 42.5 Å². The highest BCUT2D eigenvalue weighted by Crippen LogP contribution is 2.25. The van der Waals surface area contributed by atoms with E-state index in [9.17, 15) is 4.39 Å². The highest BCUT2D eigenvalue weighted by atomic mass is 35.5. The Labute approximate surface area is 156 Å². The van der Waals surface area contributed by atoms with E-state index >= 15 is 0 Å². The van der Waals surface area contributed by atoms with Crippen LogP contribution >= 0.6 is 12.4 Å². The van der Waals surface area contributed by atoms with Crippen molar-refractivity contribution in [3.63, 3.8) is 0 Å². The summed E-state index contributed by atoms with van der Waals surface area (Å²) in [7, 11) is 0. The van der Waals surface area contributed by atoms with E-state index in [-0.39, 0.29) is 18.2 Å². The van der Waals surface area contributed by atoms with Crippen molar-refractivity contribution in [1.82, 2.24) is 15.0 Å². The summed E-state index contributed by atoms with van der Waals surface area (Å²) in [5, 5.41) is 3.96. The number of anilines is 1. The first-order valence-electron chi connectivity index (χ1n) is 7.95. The van der Waals surface area contributed by atoms with Crippen LogP contribution in [0.4, 0.5) is 10.2 Å². The Morgan fingerprint density at radius 1 is 0.923 bits per heavy atom. The number of halogens is 2. The molecule has 0 saturated heterocycles. The van der Waals surface area contributed by atoms with Crippen molar-refractivity contribution in [2.24, 2.45) is 0 Å². The first-order valence-corrected chi connectivity index (χ1v) is 7.95. The van der Waals surface area contributed by atoms with Gasteiger partial charge in [0, 0.05) is 29.9 Å². The molecule has 6 heteroatoms. The molecule has 0 unspecified atom stereocenters. The van der Waals surface area contributed by atoms with Crippen LogP contribution in [0.25, 0.3) is 22.3 Å². The zero-order valence-corrected chi connectivity index (χ0v) is 14.6. The van der Waals surface area contributed by atoms with Crippen LogP contribution < -0.4 is 5.32 Å². The fourth-order valence-electron chi connectivity index (χ4n) is 2.64. The van der Waals surface area contributed by atoms with Gasteiger partial charge in [-0.2, -0.15) is 0 Å². The van der Waals surface area contributed by atoms with Gasteiger partial charge in [0.05, 0.1) is 5.52 Å². The van der Waals surface area contributed by atoms with Crippen molar-refractivity contribution in [3.05, 3.63) is 84.4 Å². The Balaban J connectivity index is 0.00000196. The lowest BCUT2D eigenvalue weighted by Crippen LogP contribution is -2.04. The third-order valence-electron chi connectivity index (χ3n) is 3.88. The maximum absolute atomic E-state index is 13.7. The maximum Gasteiger partial charge on any atom is 0.163 e. The van der Waals surface area contributed by atoms with Gasteiger partial charge in [-0.1, -0.05) is 30.3 Å². The summed E-state index contributed by atoms with van der Waals surface area (Å²) in [5.74, 6) is 0.850. The molecule has 0 atom stereocenters. The van der Waals surface area contributed by atoms with E-state index in [1.165, 1.54) is 12.1 Å². The minimum Gasteiger partial charge on any atom is -0.365 e. The van der Waals surface area contributed by atoms with Gasteiger partial charge >= 0.3 is 0 Å². The summed E-state index contributed by atoms with van der Waals surface area (Å²) >= 11 is 0. The van der Waals surface area contributed by atoms with E-state index < -0.39 is 0 Å². The summed E-state index contributed by atoms with van der Waals surface area (Å²) in [4.78, 5) is 13.3. The molecule has 130 valence electrons. The molecule has 0 fully saturated rings. The summed E-state index contributed by atoms with van der Waals surface area (Å²) in [6, 6.07) is 18.3. The predicted molar refractivity (Wildman–Crippen MR) is 104 cm³/mol. The van der Waals surface area contributed by atoms with Gasteiger partial charge in [-0.05, 0) is 35.9 Å². The highest BCUT2D eigenvalue weighted by molar-refractivity contribution is 5.90. The van der Waals surface area contributed by atoms with Crippen molar-refractivity contribution >= 4 is 29.1 Å². The largest absolute Gasteiger partial charge is 0.365 e. The molecule has 4 aromatic rings.